The van der Waals surface area contributed by atoms with Crippen LogP contribution in [0.1, 0.15) is 11.1 Å². The molecule has 11 rings (SSSR count). The monoisotopic (exact) mass is 700 g/mol. The maximum Gasteiger partial charge on any atom is 0.145 e. The van der Waals surface area contributed by atoms with E-state index in [1.807, 2.05) is 60.7 Å². The molecule has 55 heavy (non-hydrogen) atoms. The second-order valence-corrected chi connectivity index (χ2v) is 14.0. The number of rotatable bonds is 4. The Morgan fingerprint density at radius 1 is 0.400 bits per heavy atom. The van der Waals surface area contributed by atoms with Gasteiger partial charge in [0.25, 0.3) is 0 Å². The molecule has 0 radical (unpaired) electrons. The van der Waals surface area contributed by atoms with Gasteiger partial charge in [0, 0.05) is 38.3 Å². The van der Waals surface area contributed by atoms with Crippen LogP contribution in [0.15, 0.2) is 174 Å². The molecule has 0 unspecified atom stereocenters. The van der Waals surface area contributed by atoms with Gasteiger partial charge in [-0.25, -0.2) is 0 Å². The van der Waals surface area contributed by atoms with Crippen LogP contribution in [0.4, 0.5) is 0 Å². The van der Waals surface area contributed by atoms with Crippen LogP contribution in [-0.2, 0) is 0 Å². The number of fused-ring (bicyclic) bond motifs is 11. The number of para-hydroxylation sites is 3. The highest BCUT2D eigenvalue weighted by Crippen LogP contribution is 2.46. The van der Waals surface area contributed by atoms with Crippen molar-refractivity contribution in [2.75, 3.05) is 0 Å². The molecule has 3 aromatic heterocycles. The molecule has 0 saturated heterocycles. The average Bonchev–Trinajstić information content (AvgIpc) is 3.91. The summed E-state index contributed by atoms with van der Waals surface area (Å²) in [7, 11) is 0. The van der Waals surface area contributed by atoms with Crippen LogP contribution in [0, 0.1) is 22.7 Å². The molecule has 0 bridgehead atoms. The molecule has 0 saturated carbocycles. The van der Waals surface area contributed by atoms with Crippen molar-refractivity contribution in [1.82, 2.24) is 9.13 Å². The summed E-state index contributed by atoms with van der Waals surface area (Å²) in [5.74, 6) is 0. The van der Waals surface area contributed by atoms with Gasteiger partial charge in [0.1, 0.15) is 11.2 Å². The van der Waals surface area contributed by atoms with Crippen molar-refractivity contribution in [3.63, 3.8) is 0 Å². The van der Waals surface area contributed by atoms with E-state index in [1.54, 1.807) is 0 Å². The lowest BCUT2D eigenvalue weighted by Crippen LogP contribution is -1.97. The highest BCUT2D eigenvalue weighted by molar-refractivity contribution is 6.31. The third-order valence-electron chi connectivity index (χ3n) is 11.0. The normalized spacial score (nSPS) is 11.6. The van der Waals surface area contributed by atoms with Gasteiger partial charge in [-0.15, -0.1) is 0 Å². The lowest BCUT2D eigenvalue weighted by atomic mass is 9.97. The number of nitrogens with zero attached hydrogens (tertiary/aromatic N) is 4. The second-order valence-electron chi connectivity index (χ2n) is 14.0. The first kappa shape index (κ1) is 30.7. The third-order valence-corrected chi connectivity index (χ3v) is 11.0. The summed E-state index contributed by atoms with van der Waals surface area (Å²) in [6.45, 7) is 0. The van der Waals surface area contributed by atoms with Crippen LogP contribution in [0.2, 0.25) is 0 Å². The Labute approximate surface area is 315 Å². The van der Waals surface area contributed by atoms with Crippen LogP contribution in [0.3, 0.4) is 0 Å². The minimum Gasteiger partial charge on any atom is -0.455 e. The lowest BCUT2D eigenvalue weighted by molar-refractivity contribution is 0.673. The lowest BCUT2D eigenvalue weighted by Gasteiger charge is -2.14. The molecule has 0 aliphatic heterocycles. The summed E-state index contributed by atoms with van der Waals surface area (Å²) in [5.41, 5.74) is 13.5. The number of aromatic nitrogens is 2. The van der Waals surface area contributed by atoms with E-state index < -0.39 is 0 Å². The van der Waals surface area contributed by atoms with Crippen LogP contribution in [0.25, 0.3) is 99.2 Å². The Hall–Kier alpha value is -7.86. The highest BCUT2D eigenvalue weighted by Gasteiger charge is 2.24. The van der Waals surface area contributed by atoms with E-state index >= 15 is 0 Å². The van der Waals surface area contributed by atoms with Gasteiger partial charge in [-0.3, -0.25) is 0 Å². The summed E-state index contributed by atoms with van der Waals surface area (Å²) in [4.78, 5) is 0. The maximum atomic E-state index is 9.52. The van der Waals surface area contributed by atoms with Crippen LogP contribution in [-0.4, -0.2) is 9.13 Å². The van der Waals surface area contributed by atoms with Crippen molar-refractivity contribution in [3.8, 4) is 45.8 Å². The Balaban J connectivity index is 1.27. The summed E-state index contributed by atoms with van der Waals surface area (Å²) in [6, 6.07) is 63.1. The maximum absolute atomic E-state index is 9.52. The fourth-order valence-electron chi connectivity index (χ4n) is 8.49. The number of nitriles is 2. The SMILES string of the molecule is N#Cc1ccc(-c2cc(-c3ccc(C#N)cc3)cc(-n3c4ccccc4c4c3ccc3c5c6oc7ccccc7c6ccc5n(-c5ccccc5)c34)c2)cc1. The molecule has 0 atom stereocenters. The predicted molar refractivity (Wildman–Crippen MR) is 223 cm³/mol. The number of hydrogen-bond acceptors (Lipinski definition) is 3. The van der Waals surface area contributed by atoms with Gasteiger partial charge in [0.05, 0.1) is 50.7 Å². The fourth-order valence-corrected chi connectivity index (χ4v) is 8.49. The molecule has 5 heteroatoms. The Morgan fingerprint density at radius 2 is 0.982 bits per heavy atom. The van der Waals surface area contributed by atoms with E-state index in [4.69, 9.17) is 4.42 Å². The van der Waals surface area contributed by atoms with Crippen molar-refractivity contribution in [3.05, 3.63) is 181 Å². The largest absolute Gasteiger partial charge is 0.455 e. The van der Waals surface area contributed by atoms with E-state index in [2.05, 4.69) is 130 Å². The highest BCUT2D eigenvalue weighted by atomic mass is 16.3. The summed E-state index contributed by atoms with van der Waals surface area (Å²) >= 11 is 0. The molecule has 3 heterocycles. The van der Waals surface area contributed by atoms with Gasteiger partial charge < -0.3 is 13.6 Å². The second kappa shape index (κ2) is 11.8. The molecule has 0 aliphatic rings. The fraction of sp³-hybridized carbons (Fsp3) is 0. The smallest absolute Gasteiger partial charge is 0.145 e. The molecule has 254 valence electrons. The van der Waals surface area contributed by atoms with Crippen molar-refractivity contribution in [2.45, 2.75) is 0 Å². The Morgan fingerprint density at radius 3 is 1.65 bits per heavy atom. The van der Waals surface area contributed by atoms with Crippen molar-refractivity contribution < 1.29 is 4.42 Å². The molecule has 0 amide bonds. The molecule has 0 aliphatic carbocycles. The predicted octanol–water partition coefficient (Wildman–Crippen LogP) is 12.9. The summed E-state index contributed by atoms with van der Waals surface area (Å²) in [5, 5.41) is 25.8. The Kier molecular flexibility index (Phi) is 6.61. The zero-order valence-electron chi connectivity index (χ0n) is 29.4. The number of hydrogen-bond donors (Lipinski definition) is 0. The van der Waals surface area contributed by atoms with Crippen LogP contribution >= 0.6 is 0 Å². The van der Waals surface area contributed by atoms with Gasteiger partial charge in [0.2, 0.25) is 0 Å². The van der Waals surface area contributed by atoms with Gasteiger partial charge in [0.15, 0.2) is 0 Å². The van der Waals surface area contributed by atoms with Crippen molar-refractivity contribution in [2.24, 2.45) is 0 Å². The van der Waals surface area contributed by atoms with Gasteiger partial charge >= 0.3 is 0 Å². The number of furan rings is 1. The van der Waals surface area contributed by atoms with E-state index in [1.165, 1.54) is 0 Å². The molecule has 11 aromatic rings. The van der Waals surface area contributed by atoms with E-state index in [9.17, 15) is 10.5 Å². The van der Waals surface area contributed by atoms with E-state index in [0.717, 1.165) is 99.2 Å². The third kappa shape index (κ3) is 4.58. The van der Waals surface area contributed by atoms with Gasteiger partial charge in [-0.05, 0) is 113 Å². The molecule has 0 N–H and O–H groups in total. The first-order chi connectivity index (χ1) is 27.2. The van der Waals surface area contributed by atoms with Crippen LogP contribution in [0.5, 0.6) is 0 Å². The zero-order chi connectivity index (χ0) is 36.6. The zero-order valence-corrected chi connectivity index (χ0v) is 29.4. The minimum absolute atomic E-state index is 0.618. The van der Waals surface area contributed by atoms with Crippen molar-refractivity contribution in [1.29, 1.82) is 10.5 Å². The molecule has 0 spiro atoms. The van der Waals surface area contributed by atoms with Crippen LogP contribution < -0.4 is 0 Å². The number of benzene rings is 8. The summed E-state index contributed by atoms with van der Waals surface area (Å²) in [6.07, 6.45) is 0. The summed E-state index contributed by atoms with van der Waals surface area (Å²) < 4.78 is 11.4. The Bertz CT molecular complexity index is 3350. The molecule has 0 fully saturated rings. The van der Waals surface area contributed by atoms with E-state index in [0.29, 0.717) is 11.1 Å². The standard InChI is InChI=1S/C50H28N4O/c51-29-31-14-18-33(19-15-31)35-26-36(34-20-16-32(30-52)17-21-34)28-38(27-35)53-43-12-6-4-11-41(43)47-44(53)25-23-42-48-45(54(49(42)47)37-8-2-1-3-9-37)24-22-40-39-10-5-7-13-46(39)55-50(40)48/h1-28H. The molecule has 5 nitrogen and oxygen atoms in total. The topological polar surface area (TPSA) is 70.6 Å². The minimum atomic E-state index is 0.618. The quantitative estimate of drug-likeness (QED) is 0.183. The average molecular weight is 701 g/mol. The first-order valence-corrected chi connectivity index (χ1v) is 18.2. The molecular formula is C50H28N4O. The van der Waals surface area contributed by atoms with Gasteiger partial charge in [-0.2, -0.15) is 10.5 Å². The molecule has 8 aromatic carbocycles. The van der Waals surface area contributed by atoms with E-state index in [-0.39, 0.29) is 0 Å². The van der Waals surface area contributed by atoms with Gasteiger partial charge in [-0.1, -0.05) is 78.9 Å². The molecular weight excluding hydrogens is 673 g/mol. The first-order valence-electron chi connectivity index (χ1n) is 18.2. The van der Waals surface area contributed by atoms with Crippen molar-refractivity contribution >= 4 is 65.6 Å².